The molecule has 9 heteroatoms. The fraction of sp³-hybridized carbons (Fsp3) is 0. The van der Waals surface area contributed by atoms with Gasteiger partial charge in [0.25, 0.3) is 0 Å². The first-order chi connectivity index (χ1) is 14.0. The van der Waals surface area contributed by atoms with Gasteiger partial charge in [0.15, 0.2) is 0 Å². The number of anilines is 4. The van der Waals surface area contributed by atoms with Gasteiger partial charge in [0.05, 0.1) is 5.56 Å². The second-order valence-electron chi connectivity index (χ2n) is 6.07. The first kappa shape index (κ1) is 18.5. The number of aromatic hydroxyl groups is 1. The number of aromatic nitrogens is 3. The summed E-state index contributed by atoms with van der Waals surface area (Å²) in [4.78, 5) is 23.5. The molecule has 0 aliphatic carbocycles. The zero-order valence-electron chi connectivity index (χ0n) is 14.8. The Labute approximate surface area is 169 Å². The number of carbonyl (C=O) groups is 1. The van der Waals surface area contributed by atoms with E-state index in [-0.39, 0.29) is 28.5 Å². The maximum Gasteiger partial charge on any atom is 0.335 e. The standard InChI is InChI=1S/C20H14ClN5O3/c21-18-24-19(22-12-5-1-4-11(10-12)17(28)29)26-20(25-18)23-15-8-2-7-14-13(15)6-3-9-16(14)27/h1-10,27H,(H,28,29)(H2,22,23,24,25,26). The van der Waals surface area contributed by atoms with E-state index < -0.39 is 5.97 Å². The van der Waals surface area contributed by atoms with Gasteiger partial charge < -0.3 is 20.8 Å². The van der Waals surface area contributed by atoms with Crippen molar-refractivity contribution in [3.8, 4) is 5.75 Å². The van der Waals surface area contributed by atoms with Crippen molar-refractivity contribution in [1.29, 1.82) is 0 Å². The van der Waals surface area contributed by atoms with Gasteiger partial charge in [-0.2, -0.15) is 15.0 Å². The van der Waals surface area contributed by atoms with Crippen LogP contribution in [0, 0.1) is 0 Å². The number of nitrogens with one attached hydrogen (secondary N) is 2. The van der Waals surface area contributed by atoms with Crippen molar-refractivity contribution in [3.63, 3.8) is 0 Å². The highest BCUT2D eigenvalue weighted by atomic mass is 35.5. The summed E-state index contributed by atoms with van der Waals surface area (Å²) in [7, 11) is 0. The molecule has 1 aromatic heterocycles. The molecule has 0 spiro atoms. The number of aromatic carboxylic acids is 1. The smallest absolute Gasteiger partial charge is 0.335 e. The highest BCUT2D eigenvalue weighted by Gasteiger charge is 2.10. The third-order valence-corrected chi connectivity index (χ3v) is 4.29. The fourth-order valence-corrected chi connectivity index (χ4v) is 3.00. The highest BCUT2D eigenvalue weighted by Crippen LogP contribution is 2.31. The van der Waals surface area contributed by atoms with Gasteiger partial charge in [0, 0.05) is 22.1 Å². The number of halogens is 1. The van der Waals surface area contributed by atoms with E-state index >= 15 is 0 Å². The third kappa shape index (κ3) is 4.02. The molecule has 0 bridgehead atoms. The van der Waals surface area contributed by atoms with E-state index in [1.807, 2.05) is 12.1 Å². The van der Waals surface area contributed by atoms with Crippen LogP contribution in [-0.4, -0.2) is 31.1 Å². The number of carboxylic acid groups (broad SMARTS) is 1. The average molecular weight is 408 g/mol. The molecule has 4 rings (SSSR count). The van der Waals surface area contributed by atoms with E-state index in [9.17, 15) is 9.90 Å². The maximum atomic E-state index is 11.1. The van der Waals surface area contributed by atoms with Crippen LogP contribution in [0.25, 0.3) is 10.8 Å². The van der Waals surface area contributed by atoms with Crippen molar-refractivity contribution < 1.29 is 15.0 Å². The molecule has 0 saturated heterocycles. The molecule has 3 aromatic carbocycles. The number of hydrogen-bond acceptors (Lipinski definition) is 7. The lowest BCUT2D eigenvalue weighted by molar-refractivity contribution is 0.0697. The molecule has 29 heavy (non-hydrogen) atoms. The second-order valence-corrected chi connectivity index (χ2v) is 6.40. The first-order valence-corrected chi connectivity index (χ1v) is 8.87. The van der Waals surface area contributed by atoms with Gasteiger partial charge in [0.1, 0.15) is 5.75 Å². The maximum absolute atomic E-state index is 11.1. The lowest BCUT2D eigenvalue weighted by Crippen LogP contribution is -2.05. The Morgan fingerprint density at radius 3 is 2.34 bits per heavy atom. The summed E-state index contributed by atoms with van der Waals surface area (Å²) in [5.74, 6) is -0.528. The number of benzene rings is 3. The van der Waals surface area contributed by atoms with Gasteiger partial charge in [-0.1, -0.05) is 30.3 Å². The second kappa shape index (κ2) is 7.61. The van der Waals surface area contributed by atoms with Crippen LogP contribution in [-0.2, 0) is 0 Å². The topological polar surface area (TPSA) is 120 Å². The summed E-state index contributed by atoms with van der Waals surface area (Å²) in [6, 6.07) is 16.9. The van der Waals surface area contributed by atoms with E-state index in [2.05, 4.69) is 25.6 Å². The molecular formula is C20H14ClN5O3. The highest BCUT2D eigenvalue weighted by molar-refractivity contribution is 6.28. The monoisotopic (exact) mass is 407 g/mol. The molecule has 1 heterocycles. The summed E-state index contributed by atoms with van der Waals surface area (Å²) in [5, 5.41) is 26.6. The number of rotatable bonds is 5. The molecule has 0 aliphatic heterocycles. The van der Waals surface area contributed by atoms with Crippen LogP contribution < -0.4 is 10.6 Å². The van der Waals surface area contributed by atoms with Gasteiger partial charge >= 0.3 is 5.97 Å². The van der Waals surface area contributed by atoms with Gasteiger partial charge in [-0.05, 0) is 41.9 Å². The molecule has 0 fully saturated rings. The number of phenolic OH excluding ortho intramolecular Hbond substituents is 1. The van der Waals surface area contributed by atoms with Crippen LogP contribution in [0.5, 0.6) is 5.75 Å². The van der Waals surface area contributed by atoms with Gasteiger partial charge in [0.2, 0.25) is 17.2 Å². The van der Waals surface area contributed by atoms with Crippen LogP contribution in [0.2, 0.25) is 5.28 Å². The van der Waals surface area contributed by atoms with Crippen molar-refractivity contribution in [1.82, 2.24) is 15.0 Å². The molecule has 144 valence electrons. The van der Waals surface area contributed by atoms with Crippen LogP contribution in [0.15, 0.2) is 60.7 Å². The Morgan fingerprint density at radius 1 is 0.862 bits per heavy atom. The summed E-state index contributed by atoms with van der Waals surface area (Å²) in [6.07, 6.45) is 0. The van der Waals surface area contributed by atoms with Crippen LogP contribution in [0.1, 0.15) is 10.4 Å². The number of hydrogen-bond donors (Lipinski definition) is 4. The lowest BCUT2D eigenvalue weighted by atomic mass is 10.1. The molecule has 0 unspecified atom stereocenters. The Hall–Kier alpha value is -3.91. The van der Waals surface area contributed by atoms with Crippen molar-refractivity contribution in [2.75, 3.05) is 10.6 Å². The number of phenols is 1. The number of nitrogens with zero attached hydrogens (tertiary/aromatic N) is 3. The van der Waals surface area contributed by atoms with Crippen LogP contribution in [0.4, 0.5) is 23.3 Å². The van der Waals surface area contributed by atoms with E-state index in [4.69, 9.17) is 16.7 Å². The largest absolute Gasteiger partial charge is 0.507 e. The SMILES string of the molecule is O=C(O)c1cccc(Nc2nc(Cl)nc(Nc3cccc4c(O)cccc34)n2)c1. The van der Waals surface area contributed by atoms with E-state index in [1.54, 1.807) is 36.4 Å². The molecule has 0 aliphatic rings. The minimum Gasteiger partial charge on any atom is -0.507 e. The van der Waals surface area contributed by atoms with E-state index in [1.165, 1.54) is 12.1 Å². The summed E-state index contributed by atoms with van der Waals surface area (Å²) >= 11 is 6.03. The lowest BCUT2D eigenvalue weighted by Gasteiger charge is -2.11. The minimum atomic E-state index is -1.04. The van der Waals surface area contributed by atoms with Gasteiger partial charge in [-0.25, -0.2) is 4.79 Å². The average Bonchev–Trinajstić information content (AvgIpc) is 2.68. The molecule has 0 saturated carbocycles. The molecule has 0 amide bonds. The molecule has 4 aromatic rings. The number of carboxylic acids is 1. The van der Waals surface area contributed by atoms with Crippen molar-refractivity contribution in [2.45, 2.75) is 0 Å². The molecule has 0 atom stereocenters. The number of fused-ring (bicyclic) bond motifs is 1. The minimum absolute atomic E-state index is 0.0394. The molecular weight excluding hydrogens is 394 g/mol. The van der Waals surface area contributed by atoms with E-state index in [0.29, 0.717) is 16.8 Å². The molecule has 0 radical (unpaired) electrons. The predicted octanol–water partition coefficient (Wildman–Crippen LogP) is 4.57. The summed E-state index contributed by atoms with van der Waals surface area (Å²) < 4.78 is 0. The Bertz CT molecular complexity index is 1230. The Morgan fingerprint density at radius 2 is 1.55 bits per heavy atom. The predicted molar refractivity (Wildman–Crippen MR) is 110 cm³/mol. The Balaban J connectivity index is 1.65. The van der Waals surface area contributed by atoms with Crippen LogP contribution in [0.3, 0.4) is 0 Å². The van der Waals surface area contributed by atoms with Crippen molar-refractivity contribution in [2.24, 2.45) is 0 Å². The summed E-state index contributed by atoms with van der Waals surface area (Å²) in [5.41, 5.74) is 1.30. The molecule has 8 nitrogen and oxygen atoms in total. The Kier molecular flexibility index (Phi) is 4.84. The quantitative estimate of drug-likeness (QED) is 0.379. The van der Waals surface area contributed by atoms with Gasteiger partial charge in [-0.3, -0.25) is 0 Å². The van der Waals surface area contributed by atoms with Crippen LogP contribution >= 0.6 is 11.6 Å². The molecule has 4 N–H and O–H groups in total. The zero-order valence-corrected chi connectivity index (χ0v) is 15.6. The zero-order chi connectivity index (χ0) is 20.4. The fourth-order valence-electron chi connectivity index (χ4n) is 2.84. The third-order valence-electron chi connectivity index (χ3n) is 4.12. The van der Waals surface area contributed by atoms with Crippen molar-refractivity contribution >= 4 is 51.6 Å². The normalized spacial score (nSPS) is 10.7. The first-order valence-electron chi connectivity index (χ1n) is 8.49. The van der Waals surface area contributed by atoms with Crippen molar-refractivity contribution in [3.05, 3.63) is 71.5 Å². The summed E-state index contributed by atoms with van der Waals surface area (Å²) in [6.45, 7) is 0. The van der Waals surface area contributed by atoms with Gasteiger partial charge in [-0.15, -0.1) is 0 Å². The van der Waals surface area contributed by atoms with E-state index in [0.717, 1.165) is 5.39 Å².